The van der Waals surface area contributed by atoms with Crippen molar-refractivity contribution in [1.82, 2.24) is 20.2 Å². The molecule has 7 nitrogen and oxygen atoms in total. The molecule has 1 heterocycles. The van der Waals surface area contributed by atoms with E-state index in [4.69, 9.17) is 10.6 Å². The summed E-state index contributed by atoms with van der Waals surface area (Å²) in [4.78, 5) is 11.8. The van der Waals surface area contributed by atoms with Gasteiger partial charge in [0.05, 0.1) is 12.4 Å². The van der Waals surface area contributed by atoms with Gasteiger partial charge in [0.1, 0.15) is 5.82 Å². The zero-order valence-corrected chi connectivity index (χ0v) is 13.6. The van der Waals surface area contributed by atoms with Gasteiger partial charge < -0.3 is 15.9 Å². The summed E-state index contributed by atoms with van der Waals surface area (Å²) in [5.74, 6) is 5.86. The van der Waals surface area contributed by atoms with E-state index in [0.29, 0.717) is 23.2 Å². The summed E-state index contributed by atoms with van der Waals surface area (Å²) in [6, 6.07) is 5.83. The van der Waals surface area contributed by atoms with Crippen LogP contribution in [0, 0.1) is 5.82 Å². The van der Waals surface area contributed by atoms with E-state index in [0.717, 1.165) is 11.8 Å². The third-order valence-electron chi connectivity index (χ3n) is 2.90. The van der Waals surface area contributed by atoms with Gasteiger partial charge in [0.25, 0.3) is 0 Å². The van der Waals surface area contributed by atoms with Crippen molar-refractivity contribution >= 4 is 17.7 Å². The minimum absolute atomic E-state index is 0.0771. The number of aromatic nitrogens is 3. The SMILES string of the molecule is COC[C@@H](C)NC(=O)CSc1nnc(-c2cccc(F)c2)n1N. The van der Waals surface area contributed by atoms with Gasteiger partial charge in [-0.3, -0.25) is 4.79 Å². The van der Waals surface area contributed by atoms with Gasteiger partial charge in [-0.25, -0.2) is 9.07 Å². The maximum Gasteiger partial charge on any atom is 0.230 e. The summed E-state index contributed by atoms with van der Waals surface area (Å²) in [7, 11) is 1.57. The van der Waals surface area contributed by atoms with Crippen molar-refractivity contribution in [2.45, 2.75) is 18.1 Å². The number of nitrogens with one attached hydrogen (secondary N) is 1. The molecule has 0 bridgehead atoms. The maximum absolute atomic E-state index is 13.3. The molecule has 0 saturated carbocycles. The Morgan fingerprint density at radius 2 is 2.30 bits per heavy atom. The summed E-state index contributed by atoms with van der Waals surface area (Å²) < 4.78 is 19.5. The summed E-state index contributed by atoms with van der Waals surface area (Å²) in [6.45, 7) is 2.28. The zero-order chi connectivity index (χ0) is 16.8. The van der Waals surface area contributed by atoms with E-state index in [1.54, 1.807) is 19.2 Å². The van der Waals surface area contributed by atoms with Crippen LogP contribution in [0.1, 0.15) is 6.92 Å². The number of nitrogens with two attached hydrogens (primary N) is 1. The predicted octanol–water partition coefficient (Wildman–Crippen LogP) is 1.04. The molecule has 1 aromatic carbocycles. The first-order valence-corrected chi connectivity index (χ1v) is 7.87. The molecule has 0 aliphatic heterocycles. The number of methoxy groups -OCH3 is 1. The molecule has 2 rings (SSSR count). The first-order valence-electron chi connectivity index (χ1n) is 6.88. The Hall–Kier alpha value is -2.13. The molecule has 2 aromatic rings. The average molecular weight is 339 g/mol. The lowest BCUT2D eigenvalue weighted by Gasteiger charge is -2.12. The van der Waals surface area contributed by atoms with Crippen LogP contribution < -0.4 is 11.2 Å². The van der Waals surface area contributed by atoms with Crippen molar-refractivity contribution in [3.05, 3.63) is 30.1 Å². The van der Waals surface area contributed by atoms with E-state index < -0.39 is 0 Å². The smallest absolute Gasteiger partial charge is 0.230 e. The molecule has 0 aliphatic carbocycles. The van der Waals surface area contributed by atoms with Gasteiger partial charge in [0.15, 0.2) is 5.82 Å². The lowest BCUT2D eigenvalue weighted by molar-refractivity contribution is -0.119. The molecule has 9 heteroatoms. The van der Waals surface area contributed by atoms with E-state index in [1.807, 2.05) is 6.92 Å². The first-order chi connectivity index (χ1) is 11.0. The fraction of sp³-hybridized carbons (Fsp3) is 0.357. The molecule has 1 amide bonds. The molecule has 23 heavy (non-hydrogen) atoms. The van der Waals surface area contributed by atoms with E-state index in [-0.39, 0.29) is 23.5 Å². The van der Waals surface area contributed by atoms with Crippen LogP contribution in [-0.2, 0) is 9.53 Å². The van der Waals surface area contributed by atoms with Crippen molar-refractivity contribution in [2.24, 2.45) is 0 Å². The highest BCUT2D eigenvalue weighted by Crippen LogP contribution is 2.21. The highest BCUT2D eigenvalue weighted by molar-refractivity contribution is 7.99. The molecule has 124 valence electrons. The Morgan fingerprint density at radius 1 is 1.52 bits per heavy atom. The van der Waals surface area contributed by atoms with Crippen LogP contribution in [0.3, 0.4) is 0 Å². The largest absolute Gasteiger partial charge is 0.383 e. The first kappa shape index (κ1) is 17.2. The number of amides is 1. The second-order valence-corrected chi connectivity index (χ2v) is 5.84. The molecule has 1 aromatic heterocycles. The second kappa shape index (κ2) is 7.93. The zero-order valence-electron chi connectivity index (χ0n) is 12.8. The molecule has 0 fully saturated rings. The summed E-state index contributed by atoms with van der Waals surface area (Å²) in [6.07, 6.45) is 0. The van der Waals surface area contributed by atoms with Gasteiger partial charge in [-0.1, -0.05) is 23.9 Å². The molecular formula is C14H18FN5O2S. The Balaban J connectivity index is 1.99. The van der Waals surface area contributed by atoms with Crippen LogP contribution in [0.25, 0.3) is 11.4 Å². The number of thioether (sulfide) groups is 1. The number of carbonyl (C=O) groups excluding carboxylic acids is 1. The van der Waals surface area contributed by atoms with Crippen LogP contribution in [-0.4, -0.2) is 46.3 Å². The Bertz CT molecular complexity index is 679. The van der Waals surface area contributed by atoms with Gasteiger partial charge in [-0.15, -0.1) is 10.2 Å². The quantitative estimate of drug-likeness (QED) is 0.578. The van der Waals surface area contributed by atoms with Crippen molar-refractivity contribution in [3.8, 4) is 11.4 Å². The molecule has 0 spiro atoms. The van der Waals surface area contributed by atoms with Crippen LogP contribution in [0.4, 0.5) is 4.39 Å². The van der Waals surface area contributed by atoms with Crippen LogP contribution in [0.2, 0.25) is 0 Å². The second-order valence-electron chi connectivity index (χ2n) is 4.90. The number of nitrogens with zero attached hydrogens (tertiary/aromatic N) is 3. The molecule has 1 atom stereocenters. The van der Waals surface area contributed by atoms with Crippen molar-refractivity contribution < 1.29 is 13.9 Å². The molecule has 3 N–H and O–H groups in total. The monoisotopic (exact) mass is 339 g/mol. The fourth-order valence-electron chi connectivity index (χ4n) is 1.94. The number of nitrogen functional groups attached to an aromatic ring is 1. The number of ether oxygens (including phenoxy) is 1. The summed E-state index contributed by atoms with van der Waals surface area (Å²) in [5, 5.41) is 11.0. The highest BCUT2D eigenvalue weighted by Gasteiger charge is 2.15. The summed E-state index contributed by atoms with van der Waals surface area (Å²) in [5.41, 5.74) is 0.519. The Labute approximate surface area is 137 Å². The third kappa shape index (κ3) is 4.67. The lowest BCUT2D eigenvalue weighted by Crippen LogP contribution is -2.36. The number of halogens is 1. The van der Waals surface area contributed by atoms with Gasteiger partial charge >= 0.3 is 0 Å². The Kier molecular flexibility index (Phi) is 5.94. The summed E-state index contributed by atoms with van der Waals surface area (Å²) >= 11 is 1.15. The van der Waals surface area contributed by atoms with E-state index in [9.17, 15) is 9.18 Å². The molecule has 0 saturated heterocycles. The maximum atomic E-state index is 13.3. The van der Waals surface area contributed by atoms with Crippen molar-refractivity contribution in [2.75, 3.05) is 25.3 Å². The van der Waals surface area contributed by atoms with E-state index >= 15 is 0 Å². The fourth-order valence-corrected chi connectivity index (χ4v) is 2.61. The number of hydrogen-bond donors (Lipinski definition) is 2. The topological polar surface area (TPSA) is 95.1 Å². The third-order valence-corrected chi connectivity index (χ3v) is 3.85. The average Bonchev–Trinajstić information content (AvgIpc) is 2.86. The standard InChI is InChI=1S/C14H18FN5O2S/c1-9(7-22-2)17-12(21)8-23-14-19-18-13(20(14)16)10-4-3-5-11(15)6-10/h3-6,9H,7-8,16H2,1-2H3,(H,17,21)/t9-/m1/s1. The molecular weight excluding hydrogens is 321 g/mol. The highest BCUT2D eigenvalue weighted by atomic mass is 32.2. The van der Waals surface area contributed by atoms with Crippen LogP contribution in [0.15, 0.2) is 29.4 Å². The predicted molar refractivity (Wildman–Crippen MR) is 85.8 cm³/mol. The van der Waals surface area contributed by atoms with Crippen LogP contribution in [0.5, 0.6) is 0 Å². The minimum atomic E-state index is -0.383. The van der Waals surface area contributed by atoms with Crippen molar-refractivity contribution in [3.63, 3.8) is 0 Å². The normalized spacial score (nSPS) is 12.1. The number of rotatable bonds is 7. The number of carbonyl (C=O) groups is 1. The van der Waals surface area contributed by atoms with E-state index in [2.05, 4.69) is 15.5 Å². The molecule has 0 aliphatic rings. The minimum Gasteiger partial charge on any atom is -0.383 e. The van der Waals surface area contributed by atoms with Crippen LogP contribution >= 0.6 is 11.8 Å². The van der Waals surface area contributed by atoms with Gasteiger partial charge in [-0.2, -0.15) is 0 Å². The Morgan fingerprint density at radius 3 is 3.00 bits per heavy atom. The number of hydrogen-bond acceptors (Lipinski definition) is 6. The molecule has 0 radical (unpaired) electrons. The lowest BCUT2D eigenvalue weighted by atomic mass is 10.2. The van der Waals surface area contributed by atoms with Crippen molar-refractivity contribution in [1.29, 1.82) is 0 Å². The van der Waals surface area contributed by atoms with Gasteiger partial charge in [-0.05, 0) is 19.1 Å². The van der Waals surface area contributed by atoms with Gasteiger partial charge in [0.2, 0.25) is 11.1 Å². The van der Waals surface area contributed by atoms with E-state index in [1.165, 1.54) is 16.8 Å². The van der Waals surface area contributed by atoms with Gasteiger partial charge in [0, 0.05) is 18.7 Å². The molecule has 0 unspecified atom stereocenters. The number of benzene rings is 1.